The fraction of sp³-hybridized carbons (Fsp3) is 0.263. The maximum Gasteiger partial charge on any atom is 0.254 e. The predicted octanol–water partition coefficient (Wildman–Crippen LogP) is 3.03. The monoisotopic (exact) mass is 354 g/mol. The fourth-order valence-corrected chi connectivity index (χ4v) is 3.57. The van der Waals surface area contributed by atoms with Crippen LogP contribution in [0.2, 0.25) is 0 Å². The molecule has 2 aromatic heterocycles. The summed E-state index contributed by atoms with van der Waals surface area (Å²) in [5.74, 6) is -0.0947. The molecule has 25 heavy (non-hydrogen) atoms. The lowest BCUT2D eigenvalue weighted by Crippen LogP contribution is -2.34. The molecule has 0 saturated heterocycles. The fourth-order valence-electron chi connectivity index (χ4n) is 2.65. The van der Waals surface area contributed by atoms with Crippen molar-refractivity contribution in [1.82, 2.24) is 20.0 Å². The van der Waals surface area contributed by atoms with Gasteiger partial charge in [0, 0.05) is 17.6 Å². The molecule has 1 atom stereocenters. The van der Waals surface area contributed by atoms with E-state index in [2.05, 4.69) is 26.8 Å². The molecule has 5 nitrogen and oxygen atoms in total. The van der Waals surface area contributed by atoms with E-state index in [-0.39, 0.29) is 11.9 Å². The van der Waals surface area contributed by atoms with Crippen molar-refractivity contribution in [1.29, 1.82) is 0 Å². The molecule has 1 aromatic carbocycles. The van der Waals surface area contributed by atoms with Gasteiger partial charge >= 0.3 is 0 Å². The number of carbonyl (C=O) groups excluding carboxylic acids is 1. The van der Waals surface area contributed by atoms with Crippen LogP contribution < -0.4 is 5.32 Å². The Bertz CT molecular complexity index is 796. The van der Waals surface area contributed by atoms with E-state index >= 15 is 0 Å². The van der Waals surface area contributed by atoms with Crippen molar-refractivity contribution in [3.8, 4) is 0 Å². The summed E-state index contributed by atoms with van der Waals surface area (Å²) in [6, 6.07) is 14.4. The third-order valence-corrected chi connectivity index (χ3v) is 5.01. The molecular formula is C19H22N4OS. The summed E-state index contributed by atoms with van der Waals surface area (Å²) in [4.78, 5) is 15.8. The van der Waals surface area contributed by atoms with Gasteiger partial charge in [-0.2, -0.15) is 5.10 Å². The number of amides is 1. The van der Waals surface area contributed by atoms with Crippen LogP contribution in [-0.4, -0.2) is 41.2 Å². The van der Waals surface area contributed by atoms with Gasteiger partial charge in [-0.3, -0.25) is 9.48 Å². The number of aromatic nitrogens is 2. The van der Waals surface area contributed by atoms with Crippen LogP contribution in [0, 0.1) is 0 Å². The molecule has 3 rings (SSSR count). The van der Waals surface area contributed by atoms with E-state index < -0.39 is 0 Å². The number of hydrogen-bond acceptors (Lipinski definition) is 4. The summed E-state index contributed by atoms with van der Waals surface area (Å²) in [6.07, 6.45) is 3.41. The standard InChI is InChI=1S/C19H22N4OS/c1-22(2)17(18-9-6-10-25-18)12-20-19(24)16-11-21-23(14-16)13-15-7-4-3-5-8-15/h3-11,14,17H,12-13H2,1-2H3,(H,20,24). The number of hydrogen-bond donors (Lipinski definition) is 1. The first-order valence-electron chi connectivity index (χ1n) is 8.18. The molecule has 1 amide bonds. The second-order valence-corrected chi connectivity index (χ2v) is 7.10. The highest BCUT2D eigenvalue weighted by Crippen LogP contribution is 2.22. The number of carbonyl (C=O) groups is 1. The normalized spacial score (nSPS) is 12.3. The minimum atomic E-state index is -0.0947. The van der Waals surface area contributed by atoms with Crippen LogP contribution in [0.1, 0.15) is 26.8 Å². The van der Waals surface area contributed by atoms with Gasteiger partial charge in [-0.25, -0.2) is 0 Å². The largest absolute Gasteiger partial charge is 0.350 e. The molecule has 1 unspecified atom stereocenters. The van der Waals surface area contributed by atoms with E-state index in [1.54, 1.807) is 28.4 Å². The predicted molar refractivity (Wildman–Crippen MR) is 101 cm³/mol. The van der Waals surface area contributed by atoms with E-state index in [1.165, 1.54) is 4.88 Å². The average molecular weight is 354 g/mol. The van der Waals surface area contributed by atoms with Gasteiger partial charge in [0.2, 0.25) is 0 Å². The summed E-state index contributed by atoms with van der Waals surface area (Å²) in [6.45, 7) is 1.22. The molecule has 0 fully saturated rings. The molecule has 0 bridgehead atoms. The van der Waals surface area contributed by atoms with Gasteiger partial charge in [-0.05, 0) is 31.1 Å². The van der Waals surface area contributed by atoms with Crippen LogP contribution in [0.4, 0.5) is 0 Å². The Hall–Kier alpha value is -2.44. The van der Waals surface area contributed by atoms with Gasteiger partial charge < -0.3 is 10.2 Å². The molecule has 0 aliphatic carbocycles. The first-order chi connectivity index (χ1) is 12.1. The third-order valence-electron chi connectivity index (χ3n) is 4.03. The minimum absolute atomic E-state index is 0.0947. The van der Waals surface area contributed by atoms with Crippen molar-refractivity contribution in [2.45, 2.75) is 12.6 Å². The van der Waals surface area contributed by atoms with Gasteiger partial charge in [-0.15, -0.1) is 11.3 Å². The molecule has 0 spiro atoms. The Morgan fingerprint density at radius 3 is 2.72 bits per heavy atom. The highest BCUT2D eigenvalue weighted by molar-refractivity contribution is 7.10. The highest BCUT2D eigenvalue weighted by atomic mass is 32.1. The van der Waals surface area contributed by atoms with Gasteiger partial charge in [0.1, 0.15) is 0 Å². The van der Waals surface area contributed by atoms with Crippen molar-refractivity contribution >= 4 is 17.2 Å². The average Bonchev–Trinajstić information content (AvgIpc) is 3.28. The van der Waals surface area contributed by atoms with Crippen LogP contribution in [-0.2, 0) is 6.54 Å². The van der Waals surface area contributed by atoms with E-state index in [9.17, 15) is 4.79 Å². The summed E-state index contributed by atoms with van der Waals surface area (Å²) < 4.78 is 1.78. The van der Waals surface area contributed by atoms with Crippen molar-refractivity contribution in [2.24, 2.45) is 0 Å². The molecule has 130 valence electrons. The van der Waals surface area contributed by atoms with Crippen LogP contribution in [0.15, 0.2) is 60.2 Å². The zero-order valence-corrected chi connectivity index (χ0v) is 15.2. The van der Waals surface area contributed by atoms with E-state index in [0.29, 0.717) is 18.7 Å². The highest BCUT2D eigenvalue weighted by Gasteiger charge is 2.17. The molecule has 2 heterocycles. The lowest BCUT2D eigenvalue weighted by Gasteiger charge is -2.23. The van der Waals surface area contributed by atoms with Gasteiger partial charge in [0.25, 0.3) is 5.91 Å². The number of likely N-dealkylation sites (N-methyl/N-ethyl adjacent to an activating group) is 1. The molecule has 3 aromatic rings. The molecule has 1 N–H and O–H groups in total. The first-order valence-corrected chi connectivity index (χ1v) is 9.06. The van der Waals surface area contributed by atoms with Gasteiger partial charge in [0.05, 0.1) is 24.3 Å². The van der Waals surface area contributed by atoms with E-state index in [1.807, 2.05) is 50.5 Å². The lowest BCUT2D eigenvalue weighted by atomic mass is 10.2. The smallest absolute Gasteiger partial charge is 0.254 e. The SMILES string of the molecule is CN(C)C(CNC(=O)c1cnn(Cc2ccccc2)c1)c1cccs1. The van der Waals surface area contributed by atoms with Crippen LogP contribution in [0.5, 0.6) is 0 Å². The molecule has 0 saturated carbocycles. The van der Waals surface area contributed by atoms with E-state index in [0.717, 1.165) is 5.56 Å². The number of nitrogens with zero attached hydrogens (tertiary/aromatic N) is 3. The topological polar surface area (TPSA) is 50.2 Å². The molecular weight excluding hydrogens is 332 g/mol. The zero-order chi connectivity index (χ0) is 17.6. The Balaban J connectivity index is 1.60. The van der Waals surface area contributed by atoms with Crippen molar-refractivity contribution < 1.29 is 4.79 Å². The van der Waals surface area contributed by atoms with E-state index in [4.69, 9.17) is 0 Å². The number of benzene rings is 1. The van der Waals surface area contributed by atoms with Gasteiger partial charge in [-0.1, -0.05) is 36.4 Å². The Kier molecular flexibility index (Phi) is 5.63. The van der Waals surface area contributed by atoms with Crippen molar-refractivity contribution in [2.75, 3.05) is 20.6 Å². The third kappa shape index (κ3) is 4.55. The molecule has 0 aliphatic heterocycles. The zero-order valence-electron chi connectivity index (χ0n) is 14.4. The Morgan fingerprint density at radius 1 is 1.24 bits per heavy atom. The second-order valence-electron chi connectivity index (χ2n) is 6.12. The number of rotatable bonds is 7. The Labute approximate surface area is 151 Å². The van der Waals surface area contributed by atoms with Crippen LogP contribution in [0.25, 0.3) is 0 Å². The molecule has 0 radical (unpaired) electrons. The van der Waals surface area contributed by atoms with Crippen molar-refractivity contribution in [3.05, 3.63) is 76.2 Å². The lowest BCUT2D eigenvalue weighted by molar-refractivity contribution is 0.0942. The maximum atomic E-state index is 12.4. The first kappa shape index (κ1) is 17.4. The minimum Gasteiger partial charge on any atom is -0.350 e. The second kappa shape index (κ2) is 8.09. The number of nitrogens with one attached hydrogen (secondary N) is 1. The molecule has 0 aliphatic rings. The summed E-state index contributed by atoms with van der Waals surface area (Å²) in [5.41, 5.74) is 1.74. The van der Waals surface area contributed by atoms with Crippen molar-refractivity contribution in [3.63, 3.8) is 0 Å². The van der Waals surface area contributed by atoms with Crippen LogP contribution in [0.3, 0.4) is 0 Å². The molecule has 6 heteroatoms. The van der Waals surface area contributed by atoms with Crippen LogP contribution >= 0.6 is 11.3 Å². The summed E-state index contributed by atoms with van der Waals surface area (Å²) in [5, 5.41) is 9.37. The Morgan fingerprint density at radius 2 is 2.04 bits per heavy atom. The quantitative estimate of drug-likeness (QED) is 0.709. The maximum absolute atomic E-state index is 12.4. The summed E-state index contributed by atoms with van der Waals surface area (Å²) >= 11 is 1.70. The van der Waals surface area contributed by atoms with Gasteiger partial charge in [0.15, 0.2) is 0 Å². The number of thiophene rings is 1. The summed E-state index contributed by atoms with van der Waals surface area (Å²) in [7, 11) is 4.04.